The van der Waals surface area contributed by atoms with Gasteiger partial charge in [0.15, 0.2) is 5.82 Å². The van der Waals surface area contributed by atoms with E-state index < -0.39 is 0 Å². The van der Waals surface area contributed by atoms with E-state index in [-0.39, 0.29) is 11.5 Å². The van der Waals surface area contributed by atoms with Gasteiger partial charge >= 0.3 is 0 Å². The number of nitrogens with zero attached hydrogens (tertiary/aromatic N) is 2. The second-order valence-electron chi connectivity index (χ2n) is 2.48. The molecule has 0 aliphatic heterocycles. The van der Waals surface area contributed by atoms with Crippen LogP contribution in [0.3, 0.4) is 0 Å². The fraction of sp³-hybridized carbons (Fsp3) is 0. The maximum absolute atomic E-state index is 10.9. The van der Waals surface area contributed by atoms with Gasteiger partial charge < -0.3 is 10.7 Å². The predicted molar refractivity (Wildman–Crippen MR) is 46.9 cm³/mol. The lowest BCUT2D eigenvalue weighted by Crippen LogP contribution is -2.02. The number of rotatable bonds is 1. The first-order chi connectivity index (χ1) is 6.25. The van der Waals surface area contributed by atoms with Crippen molar-refractivity contribution in [2.75, 3.05) is 5.73 Å². The normalized spacial score (nSPS) is 10.2. The lowest BCUT2D eigenvalue weighted by atomic mass is 10.2. The highest BCUT2D eigenvalue weighted by atomic mass is 16.1. The van der Waals surface area contributed by atoms with Crippen LogP contribution in [0.15, 0.2) is 23.1 Å². The number of aromatic nitrogens is 4. The molecule has 2 heterocycles. The summed E-state index contributed by atoms with van der Waals surface area (Å²) in [5.41, 5.74) is 5.79. The van der Waals surface area contributed by atoms with Gasteiger partial charge in [0.1, 0.15) is 0 Å². The molecule has 6 nitrogen and oxygen atoms in total. The van der Waals surface area contributed by atoms with Gasteiger partial charge in [-0.15, -0.1) is 5.10 Å². The van der Waals surface area contributed by atoms with Crippen LogP contribution in [0.2, 0.25) is 0 Å². The lowest BCUT2D eigenvalue weighted by Gasteiger charge is -1.91. The summed E-state index contributed by atoms with van der Waals surface area (Å²) in [5.74, 6) is 0.652. The Bertz CT molecular complexity index is 471. The minimum atomic E-state index is -0.188. The Balaban J connectivity index is 2.52. The number of nitrogens with one attached hydrogen (secondary N) is 2. The molecule has 0 aliphatic carbocycles. The predicted octanol–water partition coefficient (Wildman–Crippen LogP) is -0.258. The fourth-order valence-electron chi connectivity index (χ4n) is 0.996. The molecule has 13 heavy (non-hydrogen) atoms. The number of hydrogen-bond acceptors (Lipinski definition) is 4. The number of H-pyrrole nitrogens is 2. The van der Waals surface area contributed by atoms with Crippen LogP contribution in [0, 0.1) is 0 Å². The first-order valence-corrected chi connectivity index (χ1v) is 3.63. The minimum absolute atomic E-state index is 0.162. The summed E-state index contributed by atoms with van der Waals surface area (Å²) in [7, 11) is 0. The molecule has 0 fully saturated rings. The highest BCUT2D eigenvalue weighted by Crippen LogP contribution is 2.10. The standard InChI is InChI=1S/C7H7N5O/c8-7-10-6(11-12-7)4-1-2-9-5(13)3-4/h1-3H,(H,9,13)(H3,8,10,11,12). The Morgan fingerprint density at radius 1 is 1.46 bits per heavy atom. The molecule has 66 valence electrons. The molecule has 0 unspecified atom stereocenters. The van der Waals surface area contributed by atoms with Crippen molar-refractivity contribution < 1.29 is 0 Å². The Morgan fingerprint density at radius 3 is 2.92 bits per heavy atom. The van der Waals surface area contributed by atoms with Crippen molar-refractivity contribution in [1.29, 1.82) is 0 Å². The molecular weight excluding hydrogens is 170 g/mol. The molecule has 0 aliphatic rings. The summed E-state index contributed by atoms with van der Waals surface area (Å²) < 4.78 is 0. The van der Waals surface area contributed by atoms with Crippen molar-refractivity contribution in [3.8, 4) is 11.4 Å². The summed E-state index contributed by atoms with van der Waals surface area (Å²) in [6, 6.07) is 3.13. The molecule has 6 heteroatoms. The van der Waals surface area contributed by atoms with Crippen molar-refractivity contribution in [2.24, 2.45) is 0 Å². The van der Waals surface area contributed by atoms with Crippen molar-refractivity contribution in [1.82, 2.24) is 20.2 Å². The van der Waals surface area contributed by atoms with Crippen LogP contribution in [0.5, 0.6) is 0 Å². The molecule has 0 bridgehead atoms. The Hall–Kier alpha value is -2.11. The monoisotopic (exact) mass is 177 g/mol. The summed E-state index contributed by atoms with van der Waals surface area (Å²) in [6.07, 6.45) is 1.54. The molecular formula is C7H7N5O. The van der Waals surface area contributed by atoms with Crippen molar-refractivity contribution in [2.45, 2.75) is 0 Å². The quantitative estimate of drug-likeness (QED) is 0.558. The van der Waals surface area contributed by atoms with Gasteiger partial charge in [-0.25, -0.2) is 0 Å². The van der Waals surface area contributed by atoms with Crippen molar-refractivity contribution >= 4 is 5.95 Å². The summed E-state index contributed by atoms with van der Waals surface area (Å²) in [4.78, 5) is 17.3. The smallest absolute Gasteiger partial charge is 0.248 e. The number of anilines is 1. The van der Waals surface area contributed by atoms with Crippen LogP contribution < -0.4 is 11.3 Å². The highest BCUT2D eigenvalue weighted by molar-refractivity contribution is 5.54. The molecule has 2 aromatic heterocycles. The van der Waals surface area contributed by atoms with Gasteiger partial charge in [0.2, 0.25) is 11.5 Å². The van der Waals surface area contributed by atoms with Crippen LogP contribution >= 0.6 is 0 Å². The first-order valence-electron chi connectivity index (χ1n) is 3.63. The van der Waals surface area contributed by atoms with E-state index in [9.17, 15) is 4.79 Å². The van der Waals surface area contributed by atoms with E-state index in [2.05, 4.69) is 20.2 Å². The molecule has 0 spiro atoms. The van der Waals surface area contributed by atoms with E-state index >= 15 is 0 Å². The van der Waals surface area contributed by atoms with Crippen LogP contribution in [-0.2, 0) is 0 Å². The number of aromatic amines is 2. The SMILES string of the molecule is Nc1n[nH]c(-c2cc[nH]c(=O)c2)n1. The topological polar surface area (TPSA) is 100 Å². The van der Waals surface area contributed by atoms with E-state index in [1.54, 1.807) is 6.07 Å². The number of hydrogen-bond donors (Lipinski definition) is 3. The van der Waals surface area contributed by atoms with Gasteiger partial charge in [0.05, 0.1) is 0 Å². The molecule has 2 rings (SSSR count). The zero-order valence-electron chi connectivity index (χ0n) is 6.61. The molecule has 0 aromatic carbocycles. The van der Waals surface area contributed by atoms with E-state index in [0.717, 1.165) is 0 Å². The molecule has 2 aromatic rings. The molecule has 4 N–H and O–H groups in total. The van der Waals surface area contributed by atoms with Crippen LogP contribution in [0.4, 0.5) is 5.95 Å². The van der Waals surface area contributed by atoms with Crippen molar-refractivity contribution in [3.63, 3.8) is 0 Å². The van der Waals surface area contributed by atoms with Crippen LogP contribution in [0.1, 0.15) is 0 Å². The third-order valence-corrected chi connectivity index (χ3v) is 1.55. The second kappa shape index (κ2) is 2.74. The average molecular weight is 177 g/mol. The Morgan fingerprint density at radius 2 is 2.31 bits per heavy atom. The van der Waals surface area contributed by atoms with Gasteiger partial charge in [0.25, 0.3) is 0 Å². The third kappa shape index (κ3) is 1.41. The highest BCUT2D eigenvalue weighted by Gasteiger charge is 2.02. The van der Waals surface area contributed by atoms with Gasteiger partial charge in [-0.1, -0.05) is 0 Å². The molecule has 0 saturated heterocycles. The Labute approximate surface area is 72.8 Å². The summed E-state index contributed by atoms with van der Waals surface area (Å²) in [6.45, 7) is 0. The van der Waals surface area contributed by atoms with Gasteiger partial charge in [-0.2, -0.15) is 4.98 Å². The van der Waals surface area contributed by atoms with Gasteiger partial charge in [-0.3, -0.25) is 9.89 Å². The minimum Gasteiger partial charge on any atom is -0.366 e. The van der Waals surface area contributed by atoms with E-state index in [1.807, 2.05) is 0 Å². The van der Waals surface area contributed by atoms with E-state index in [4.69, 9.17) is 5.73 Å². The number of pyridine rings is 1. The summed E-state index contributed by atoms with van der Waals surface area (Å²) in [5, 5.41) is 6.26. The largest absolute Gasteiger partial charge is 0.366 e. The first kappa shape index (κ1) is 7.53. The number of nitrogen functional groups attached to an aromatic ring is 1. The zero-order chi connectivity index (χ0) is 9.26. The summed E-state index contributed by atoms with van der Waals surface area (Å²) >= 11 is 0. The maximum atomic E-state index is 10.9. The van der Waals surface area contributed by atoms with Gasteiger partial charge in [0, 0.05) is 17.8 Å². The third-order valence-electron chi connectivity index (χ3n) is 1.55. The second-order valence-corrected chi connectivity index (χ2v) is 2.48. The average Bonchev–Trinajstić information content (AvgIpc) is 2.52. The molecule has 0 atom stereocenters. The Kier molecular flexibility index (Phi) is 1.59. The fourth-order valence-corrected chi connectivity index (χ4v) is 0.996. The van der Waals surface area contributed by atoms with E-state index in [1.165, 1.54) is 12.3 Å². The van der Waals surface area contributed by atoms with Gasteiger partial charge in [-0.05, 0) is 6.07 Å². The van der Waals surface area contributed by atoms with Crippen molar-refractivity contribution in [3.05, 3.63) is 28.7 Å². The number of nitrogens with two attached hydrogens (primary N) is 1. The maximum Gasteiger partial charge on any atom is 0.248 e. The zero-order valence-corrected chi connectivity index (χ0v) is 6.61. The molecule has 0 amide bonds. The van der Waals surface area contributed by atoms with E-state index in [0.29, 0.717) is 11.4 Å². The van der Waals surface area contributed by atoms with Crippen LogP contribution in [0.25, 0.3) is 11.4 Å². The molecule has 0 radical (unpaired) electrons. The van der Waals surface area contributed by atoms with Crippen LogP contribution in [-0.4, -0.2) is 20.2 Å². The molecule has 0 saturated carbocycles. The lowest BCUT2D eigenvalue weighted by molar-refractivity contribution is 1.10.